The van der Waals surface area contributed by atoms with Gasteiger partial charge in [0.1, 0.15) is 11.5 Å². The van der Waals surface area contributed by atoms with E-state index in [1.54, 1.807) is 33.2 Å². The molecule has 1 fully saturated rings. The van der Waals surface area contributed by atoms with Crippen LogP contribution >= 0.6 is 0 Å². The van der Waals surface area contributed by atoms with Crippen LogP contribution in [0.4, 0.5) is 0 Å². The van der Waals surface area contributed by atoms with Crippen LogP contribution in [0.1, 0.15) is 72.5 Å². The third-order valence-electron chi connectivity index (χ3n) is 5.74. The van der Waals surface area contributed by atoms with E-state index in [9.17, 15) is 9.90 Å². The average Bonchev–Trinajstić information content (AvgIpc) is 3.12. The molecule has 8 heteroatoms. The van der Waals surface area contributed by atoms with E-state index in [0.29, 0.717) is 52.3 Å². The van der Waals surface area contributed by atoms with Crippen LogP contribution in [0.15, 0.2) is 31.6 Å². The SMILES string of the molecule is CC1=C(c2nnc(C3CC3)o2)c2c(C#C[C@@](C)(O)c3cc(C)on3)cn(C)c(=O)c2C1. The topological polar surface area (TPSA) is 107 Å². The third-order valence-corrected chi connectivity index (χ3v) is 5.74. The molecule has 31 heavy (non-hydrogen) atoms. The van der Waals surface area contributed by atoms with Gasteiger partial charge in [-0.1, -0.05) is 22.6 Å². The summed E-state index contributed by atoms with van der Waals surface area (Å²) in [6.07, 6.45) is 4.29. The van der Waals surface area contributed by atoms with Crippen LogP contribution in [0.3, 0.4) is 0 Å². The minimum atomic E-state index is -1.51. The maximum atomic E-state index is 12.8. The van der Waals surface area contributed by atoms with Gasteiger partial charge in [0, 0.05) is 53.9 Å². The molecule has 0 aromatic carbocycles. The summed E-state index contributed by atoms with van der Waals surface area (Å²) in [5.74, 6) is 7.92. The van der Waals surface area contributed by atoms with Crippen molar-refractivity contribution in [3.8, 4) is 11.8 Å². The molecule has 0 radical (unpaired) electrons. The number of fused-ring (bicyclic) bond motifs is 1. The fourth-order valence-corrected chi connectivity index (χ4v) is 3.88. The standard InChI is InChI=1S/C23H22N4O4/c1-12-9-16-19(18(12)21-25-24-20(30-21)14-5-6-14)15(11-27(4)22(16)28)7-8-23(3,29)17-10-13(2)31-26-17/h10-11,14,29H,5-6,9H2,1-4H3/t23-/m1/s1. The van der Waals surface area contributed by atoms with Crippen molar-refractivity contribution >= 4 is 5.57 Å². The van der Waals surface area contributed by atoms with Crippen LogP contribution in [0.2, 0.25) is 0 Å². The lowest BCUT2D eigenvalue weighted by Crippen LogP contribution is -2.22. The number of aryl methyl sites for hydroxylation is 2. The Morgan fingerprint density at radius 1 is 1.29 bits per heavy atom. The first-order valence-corrected chi connectivity index (χ1v) is 10.2. The molecule has 0 bridgehead atoms. The number of aliphatic hydroxyl groups is 1. The Hall–Kier alpha value is -3.44. The number of aromatic nitrogens is 4. The molecule has 5 rings (SSSR count). The highest BCUT2D eigenvalue weighted by Crippen LogP contribution is 2.42. The van der Waals surface area contributed by atoms with Crippen LogP contribution < -0.4 is 5.56 Å². The molecule has 3 aromatic heterocycles. The highest BCUT2D eigenvalue weighted by Gasteiger charge is 2.33. The van der Waals surface area contributed by atoms with Gasteiger partial charge in [-0.3, -0.25) is 4.79 Å². The third kappa shape index (κ3) is 3.31. The summed E-state index contributed by atoms with van der Waals surface area (Å²) in [6, 6.07) is 1.65. The van der Waals surface area contributed by atoms with Gasteiger partial charge in [0.15, 0.2) is 5.60 Å². The summed E-state index contributed by atoms with van der Waals surface area (Å²) in [7, 11) is 1.69. The Morgan fingerprint density at radius 3 is 2.74 bits per heavy atom. The van der Waals surface area contributed by atoms with Gasteiger partial charge in [-0.25, -0.2) is 0 Å². The monoisotopic (exact) mass is 418 g/mol. The van der Waals surface area contributed by atoms with E-state index >= 15 is 0 Å². The van der Waals surface area contributed by atoms with Gasteiger partial charge < -0.3 is 18.6 Å². The smallest absolute Gasteiger partial charge is 0.254 e. The van der Waals surface area contributed by atoms with Crippen molar-refractivity contribution in [3.05, 3.63) is 68.1 Å². The van der Waals surface area contributed by atoms with E-state index in [0.717, 1.165) is 24.0 Å². The van der Waals surface area contributed by atoms with Gasteiger partial charge in [0.2, 0.25) is 11.8 Å². The first-order valence-electron chi connectivity index (χ1n) is 10.2. The summed E-state index contributed by atoms with van der Waals surface area (Å²) in [4.78, 5) is 12.8. The Kier molecular flexibility index (Phi) is 4.27. The molecule has 1 atom stereocenters. The zero-order valence-electron chi connectivity index (χ0n) is 17.8. The van der Waals surface area contributed by atoms with Crippen molar-refractivity contribution in [2.45, 2.75) is 51.6 Å². The van der Waals surface area contributed by atoms with Crippen LogP contribution in [-0.2, 0) is 19.1 Å². The van der Waals surface area contributed by atoms with Crippen molar-refractivity contribution in [2.75, 3.05) is 0 Å². The molecule has 0 spiro atoms. The molecule has 158 valence electrons. The normalized spacial score (nSPS) is 17.3. The van der Waals surface area contributed by atoms with Crippen LogP contribution in [0.5, 0.6) is 0 Å². The molecular formula is C23H22N4O4. The molecule has 0 aliphatic heterocycles. The lowest BCUT2D eigenvalue weighted by molar-refractivity contribution is 0.112. The first-order chi connectivity index (χ1) is 14.7. The molecule has 8 nitrogen and oxygen atoms in total. The predicted octanol–water partition coefficient (Wildman–Crippen LogP) is 2.58. The van der Waals surface area contributed by atoms with Crippen LogP contribution in [-0.4, -0.2) is 25.0 Å². The quantitative estimate of drug-likeness (QED) is 0.652. The van der Waals surface area contributed by atoms with Crippen molar-refractivity contribution in [1.82, 2.24) is 19.9 Å². The second kappa shape index (κ2) is 6.79. The van der Waals surface area contributed by atoms with Crippen LogP contribution in [0.25, 0.3) is 5.57 Å². The Bertz CT molecular complexity index is 1360. The number of pyridine rings is 1. The molecule has 2 aliphatic carbocycles. The van der Waals surface area contributed by atoms with E-state index in [-0.39, 0.29) is 5.56 Å². The summed E-state index contributed by atoms with van der Waals surface area (Å²) < 4.78 is 12.5. The minimum Gasteiger partial charge on any atom is -0.420 e. The number of nitrogens with zero attached hydrogens (tertiary/aromatic N) is 4. The van der Waals surface area contributed by atoms with Gasteiger partial charge in [0.05, 0.1) is 0 Å². The maximum absolute atomic E-state index is 12.8. The fraction of sp³-hybridized carbons (Fsp3) is 0.391. The van der Waals surface area contributed by atoms with Crippen molar-refractivity contribution in [1.29, 1.82) is 0 Å². The Labute approximate surface area is 178 Å². The van der Waals surface area contributed by atoms with Crippen molar-refractivity contribution in [3.63, 3.8) is 0 Å². The Balaban J connectivity index is 1.63. The minimum absolute atomic E-state index is 0.0873. The van der Waals surface area contributed by atoms with Gasteiger partial charge in [-0.15, -0.1) is 10.2 Å². The summed E-state index contributed by atoms with van der Waals surface area (Å²) in [5.41, 5.74) is 2.42. The maximum Gasteiger partial charge on any atom is 0.254 e. The molecule has 3 aromatic rings. The molecule has 0 saturated heterocycles. The summed E-state index contributed by atoms with van der Waals surface area (Å²) >= 11 is 0. The van der Waals surface area contributed by atoms with E-state index < -0.39 is 5.60 Å². The van der Waals surface area contributed by atoms with Crippen LogP contribution in [0, 0.1) is 18.8 Å². The lowest BCUT2D eigenvalue weighted by atomic mass is 9.98. The lowest BCUT2D eigenvalue weighted by Gasteiger charge is -2.13. The molecule has 0 unspecified atom stereocenters. The molecule has 2 aliphatic rings. The second-order valence-electron chi connectivity index (χ2n) is 8.51. The molecule has 1 saturated carbocycles. The molecule has 0 amide bonds. The van der Waals surface area contributed by atoms with Gasteiger partial charge in [-0.05, 0) is 33.6 Å². The van der Waals surface area contributed by atoms with Crippen molar-refractivity contribution < 1.29 is 14.0 Å². The van der Waals surface area contributed by atoms with E-state index in [1.807, 2.05) is 6.92 Å². The highest BCUT2D eigenvalue weighted by molar-refractivity contribution is 5.86. The molecule has 1 N–H and O–H groups in total. The average molecular weight is 418 g/mol. The number of rotatable bonds is 3. The fourth-order valence-electron chi connectivity index (χ4n) is 3.88. The van der Waals surface area contributed by atoms with Crippen molar-refractivity contribution in [2.24, 2.45) is 7.05 Å². The summed E-state index contributed by atoms with van der Waals surface area (Å²) in [5, 5.41) is 23.2. The number of allylic oxidation sites excluding steroid dienone is 1. The second-order valence-corrected chi connectivity index (χ2v) is 8.51. The summed E-state index contributed by atoms with van der Waals surface area (Å²) in [6.45, 7) is 5.27. The zero-order valence-corrected chi connectivity index (χ0v) is 17.8. The van der Waals surface area contributed by atoms with Gasteiger partial charge in [-0.2, -0.15) is 0 Å². The van der Waals surface area contributed by atoms with E-state index in [4.69, 9.17) is 8.94 Å². The number of hydrogen-bond donors (Lipinski definition) is 1. The Morgan fingerprint density at radius 2 is 2.06 bits per heavy atom. The largest absolute Gasteiger partial charge is 0.420 e. The predicted molar refractivity (Wildman–Crippen MR) is 111 cm³/mol. The first kappa shape index (κ1) is 19.5. The van der Waals surface area contributed by atoms with Gasteiger partial charge in [0.25, 0.3) is 5.56 Å². The van der Waals surface area contributed by atoms with E-state index in [1.165, 1.54) is 4.57 Å². The number of hydrogen-bond acceptors (Lipinski definition) is 7. The molecular weight excluding hydrogens is 396 g/mol. The highest BCUT2D eigenvalue weighted by atomic mass is 16.5. The molecule has 3 heterocycles. The van der Waals surface area contributed by atoms with Gasteiger partial charge >= 0.3 is 0 Å². The van der Waals surface area contributed by atoms with E-state index in [2.05, 4.69) is 27.2 Å². The zero-order chi connectivity index (χ0) is 21.9.